The molecule has 0 aromatic heterocycles. The molecule has 19 heavy (non-hydrogen) atoms. The third kappa shape index (κ3) is 7.31. The molecule has 1 aliphatic heterocycles. The summed E-state index contributed by atoms with van der Waals surface area (Å²) in [4.78, 5) is 2.62. The molecule has 0 saturated carbocycles. The smallest absolute Gasteiger partial charge is 0.0594 e. The summed E-state index contributed by atoms with van der Waals surface area (Å²) in [5.74, 6) is 0. The van der Waals surface area contributed by atoms with E-state index in [1.54, 1.807) is 0 Å². The molecule has 1 atom stereocenters. The van der Waals surface area contributed by atoms with Gasteiger partial charge in [-0.3, -0.25) is 4.90 Å². The van der Waals surface area contributed by atoms with Crippen molar-refractivity contribution in [3.05, 3.63) is 0 Å². The monoisotopic (exact) mass is 269 g/mol. The number of nitrogens with zero attached hydrogens (tertiary/aromatic N) is 1. The number of hydrogen-bond acceptors (Lipinski definition) is 2. The molecule has 0 amide bonds. The second-order valence-corrected chi connectivity index (χ2v) is 6.61. The Hall–Kier alpha value is -0.0800. The first-order chi connectivity index (χ1) is 9.20. The lowest BCUT2D eigenvalue weighted by atomic mass is 9.79. The van der Waals surface area contributed by atoms with Gasteiger partial charge >= 0.3 is 0 Å². The molecule has 0 aromatic rings. The van der Waals surface area contributed by atoms with E-state index >= 15 is 0 Å². The van der Waals surface area contributed by atoms with Crippen molar-refractivity contribution in [3.8, 4) is 0 Å². The predicted octanol–water partition coefficient (Wildman–Crippen LogP) is 4.49. The van der Waals surface area contributed by atoms with Gasteiger partial charge in [-0.15, -0.1) is 0 Å². The molecule has 1 heterocycles. The Balaban J connectivity index is 2.37. The van der Waals surface area contributed by atoms with E-state index in [1.807, 2.05) is 0 Å². The van der Waals surface area contributed by atoms with Crippen molar-refractivity contribution in [3.63, 3.8) is 0 Å². The van der Waals surface area contributed by atoms with Gasteiger partial charge in [-0.1, -0.05) is 59.3 Å². The fourth-order valence-electron chi connectivity index (χ4n) is 3.16. The first kappa shape index (κ1) is 17.0. The van der Waals surface area contributed by atoms with Crippen LogP contribution in [0.15, 0.2) is 0 Å². The highest BCUT2D eigenvalue weighted by molar-refractivity contribution is 4.79. The van der Waals surface area contributed by atoms with Crippen molar-refractivity contribution in [1.82, 2.24) is 4.90 Å². The van der Waals surface area contributed by atoms with E-state index < -0.39 is 0 Å². The third-order valence-electron chi connectivity index (χ3n) is 4.48. The summed E-state index contributed by atoms with van der Waals surface area (Å²) in [5, 5.41) is 0. The van der Waals surface area contributed by atoms with E-state index in [1.165, 1.54) is 57.9 Å². The summed E-state index contributed by atoms with van der Waals surface area (Å²) in [6, 6.07) is 0. The fourth-order valence-corrected chi connectivity index (χ4v) is 3.16. The van der Waals surface area contributed by atoms with Gasteiger partial charge in [-0.05, 0) is 18.3 Å². The Morgan fingerprint density at radius 1 is 0.895 bits per heavy atom. The van der Waals surface area contributed by atoms with Crippen LogP contribution in [-0.4, -0.2) is 37.7 Å². The van der Waals surface area contributed by atoms with Crippen LogP contribution in [0.1, 0.15) is 72.1 Å². The number of morpholine rings is 1. The van der Waals surface area contributed by atoms with Gasteiger partial charge in [0, 0.05) is 19.6 Å². The topological polar surface area (TPSA) is 12.5 Å². The number of unbranched alkanes of at least 4 members (excludes halogenated alkanes) is 4. The van der Waals surface area contributed by atoms with Crippen molar-refractivity contribution >= 4 is 0 Å². The van der Waals surface area contributed by atoms with E-state index in [2.05, 4.69) is 25.7 Å². The SMILES string of the molecule is CCCCCCC(C)(CCCC)CN1CCOCC1. The Morgan fingerprint density at radius 3 is 2.16 bits per heavy atom. The van der Waals surface area contributed by atoms with Gasteiger partial charge in [-0.25, -0.2) is 0 Å². The molecule has 0 aliphatic carbocycles. The molecule has 1 fully saturated rings. The summed E-state index contributed by atoms with van der Waals surface area (Å²) in [6.07, 6.45) is 11.1. The molecule has 0 N–H and O–H groups in total. The van der Waals surface area contributed by atoms with Crippen LogP contribution < -0.4 is 0 Å². The minimum atomic E-state index is 0.529. The summed E-state index contributed by atoms with van der Waals surface area (Å²) >= 11 is 0. The quantitative estimate of drug-likeness (QED) is 0.542. The van der Waals surface area contributed by atoms with Crippen molar-refractivity contribution < 1.29 is 4.74 Å². The zero-order chi connectivity index (χ0) is 14.0. The van der Waals surface area contributed by atoms with Crippen LogP contribution in [0.25, 0.3) is 0 Å². The minimum Gasteiger partial charge on any atom is -0.379 e. The highest BCUT2D eigenvalue weighted by Gasteiger charge is 2.26. The van der Waals surface area contributed by atoms with E-state index in [4.69, 9.17) is 4.74 Å². The lowest BCUT2D eigenvalue weighted by Crippen LogP contribution is -2.42. The van der Waals surface area contributed by atoms with Crippen LogP contribution in [0.5, 0.6) is 0 Å². The standard InChI is InChI=1S/C17H35NO/c1-4-6-8-9-11-17(3,10-7-5-2)16-18-12-14-19-15-13-18/h4-16H2,1-3H3. The second kappa shape index (κ2) is 9.77. The van der Waals surface area contributed by atoms with Crippen LogP contribution in [-0.2, 0) is 4.74 Å². The van der Waals surface area contributed by atoms with E-state index in [0.717, 1.165) is 26.3 Å². The van der Waals surface area contributed by atoms with Crippen LogP contribution in [0, 0.1) is 5.41 Å². The lowest BCUT2D eigenvalue weighted by molar-refractivity contribution is 0.0146. The fraction of sp³-hybridized carbons (Fsp3) is 1.00. The number of rotatable bonds is 10. The summed E-state index contributed by atoms with van der Waals surface area (Å²) in [5.41, 5.74) is 0.529. The van der Waals surface area contributed by atoms with Crippen molar-refractivity contribution in [1.29, 1.82) is 0 Å². The highest BCUT2D eigenvalue weighted by atomic mass is 16.5. The summed E-state index contributed by atoms with van der Waals surface area (Å²) in [7, 11) is 0. The molecule has 2 heteroatoms. The Morgan fingerprint density at radius 2 is 1.53 bits per heavy atom. The molecule has 2 nitrogen and oxygen atoms in total. The van der Waals surface area contributed by atoms with Crippen molar-refractivity contribution in [2.24, 2.45) is 5.41 Å². The Labute approximate surface area is 120 Å². The third-order valence-corrected chi connectivity index (χ3v) is 4.48. The van der Waals surface area contributed by atoms with E-state index in [0.29, 0.717) is 5.41 Å². The van der Waals surface area contributed by atoms with Crippen molar-refractivity contribution in [2.45, 2.75) is 72.1 Å². The number of hydrogen-bond donors (Lipinski definition) is 0. The maximum atomic E-state index is 5.47. The summed E-state index contributed by atoms with van der Waals surface area (Å²) in [6.45, 7) is 12.5. The molecule has 1 aliphatic rings. The largest absolute Gasteiger partial charge is 0.379 e. The minimum absolute atomic E-state index is 0.529. The molecule has 0 spiro atoms. The molecule has 114 valence electrons. The molecule has 0 aromatic carbocycles. The van der Waals surface area contributed by atoms with Crippen LogP contribution in [0.4, 0.5) is 0 Å². The zero-order valence-electron chi connectivity index (χ0n) is 13.5. The summed E-state index contributed by atoms with van der Waals surface area (Å²) < 4.78 is 5.47. The molecular formula is C17H35NO. The van der Waals surface area contributed by atoms with Crippen molar-refractivity contribution in [2.75, 3.05) is 32.8 Å². The second-order valence-electron chi connectivity index (χ2n) is 6.61. The maximum Gasteiger partial charge on any atom is 0.0594 e. The van der Waals surface area contributed by atoms with Crippen LogP contribution in [0.2, 0.25) is 0 Å². The van der Waals surface area contributed by atoms with Gasteiger partial charge in [0.25, 0.3) is 0 Å². The first-order valence-electron chi connectivity index (χ1n) is 8.50. The molecule has 0 bridgehead atoms. The predicted molar refractivity (Wildman–Crippen MR) is 83.7 cm³/mol. The normalized spacial score (nSPS) is 20.4. The van der Waals surface area contributed by atoms with Crippen LogP contribution >= 0.6 is 0 Å². The molecular weight excluding hydrogens is 234 g/mol. The van der Waals surface area contributed by atoms with E-state index in [-0.39, 0.29) is 0 Å². The zero-order valence-corrected chi connectivity index (χ0v) is 13.5. The van der Waals surface area contributed by atoms with Gasteiger partial charge in [0.15, 0.2) is 0 Å². The molecule has 1 rings (SSSR count). The lowest BCUT2D eigenvalue weighted by Gasteiger charge is -2.37. The Kier molecular flexibility index (Phi) is 8.72. The van der Waals surface area contributed by atoms with Gasteiger partial charge < -0.3 is 4.74 Å². The van der Waals surface area contributed by atoms with Gasteiger partial charge in [0.1, 0.15) is 0 Å². The molecule has 0 radical (unpaired) electrons. The van der Waals surface area contributed by atoms with Gasteiger partial charge in [-0.2, -0.15) is 0 Å². The maximum absolute atomic E-state index is 5.47. The average Bonchev–Trinajstić information content (AvgIpc) is 2.43. The van der Waals surface area contributed by atoms with Gasteiger partial charge in [0.2, 0.25) is 0 Å². The van der Waals surface area contributed by atoms with Gasteiger partial charge in [0.05, 0.1) is 13.2 Å². The Bertz CT molecular complexity index is 213. The van der Waals surface area contributed by atoms with E-state index in [9.17, 15) is 0 Å². The first-order valence-corrected chi connectivity index (χ1v) is 8.50. The average molecular weight is 269 g/mol. The highest BCUT2D eigenvalue weighted by Crippen LogP contribution is 2.32. The van der Waals surface area contributed by atoms with Crippen LogP contribution in [0.3, 0.4) is 0 Å². The molecule has 1 saturated heterocycles. The number of ether oxygens (including phenoxy) is 1. The molecule has 1 unspecified atom stereocenters.